The smallest absolute Gasteiger partial charge is 0.273 e. The Bertz CT molecular complexity index is 488. The van der Waals surface area contributed by atoms with Crippen LogP contribution in [0.3, 0.4) is 0 Å². The molecule has 0 bridgehead atoms. The minimum Gasteiger partial charge on any atom is -0.356 e. The van der Waals surface area contributed by atoms with E-state index in [-0.39, 0.29) is 5.91 Å². The number of nitrogens with zero attached hydrogens (tertiary/aromatic N) is 2. The normalized spacial score (nSPS) is 10.3. The van der Waals surface area contributed by atoms with Crippen LogP contribution in [0.15, 0.2) is 29.0 Å². The van der Waals surface area contributed by atoms with Crippen molar-refractivity contribution in [2.75, 3.05) is 5.32 Å². The largest absolute Gasteiger partial charge is 0.356 e. The number of halogens is 1. The highest BCUT2D eigenvalue weighted by Crippen LogP contribution is 2.12. The molecule has 2 aromatic heterocycles. The summed E-state index contributed by atoms with van der Waals surface area (Å²) in [5.41, 5.74) is 0.503. The van der Waals surface area contributed by atoms with Crippen LogP contribution in [0.1, 0.15) is 10.5 Å². The molecule has 1 amide bonds. The van der Waals surface area contributed by atoms with Gasteiger partial charge < -0.3 is 10.3 Å². The van der Waals surface area contributed by atoms with Gasteiger partial charge in [-0.25, -0.2) is 0 Å². The summed E-state index contributed by atoms with van der Waals surface area (Å²) in [6, 6.07) is 3.45. The number of amides is 1. The molecule has 5 nitrogen and oxygen atoms in total. The van der Waals surface area contributed by atoms with Crippen molar-refractivity contribution in [1.29, 1.82) is 0 Å². The number of nitrogens with one attached hydrogen (secondary N) is 2. The van der Waals surface area contributed by atoms with Crippen LogP contribution in [0.2, 0.25) is 0 Å². The first-order valence-electron chi connectivity index (χ1n) is 4.30. The van der Waals surface area contributed by atoms with Gasteiger partial charge in [0.05, 0.1) is 6.20 Å². The maximum atomic E-state index is 11.7. The van der Waals surface area contributed by atoms with Crippen molar-refractivity contribution in [3.8, 4) is 0 Å². The Labute approximate surface area is 94.6 Å². The van der Waals surface area contributed by atoms with E-state index >= 15 is 0 Å². The van der Waals surface area contributed by atoms with Crippen molar-refractivity contribution in [2.24, 2.45) is 7.05 Å². The fraction of sp³-hybridized carbons (Fsp3) is 0.111. The van der Waals surface area contributed by atoms with Crippen LogP contribution in [0.4, 0.5) is 5.82 Å². The Morgan fingerprint density at radius 3 is 3.00 bits per heavy atom. The third-order valence-electron chi connectivity index (χ3n) is 1.95. The number of carbonyl (C=O) groups is 1. The van der Waals surface area contributed by atoms with E-state index in [2.05, 4.69) is 31.3 Å². The molecule has 0 aliphatic carbocycles. The van der Waals surface area contributed by atoms with Crippen molar-refractivity contribution in [3.05, 3.63) is 34.7 Å². The molecular formula is C9H9BrN4O. The monoisotopic (exact) mass is 268 g/mol. The van der Waals surface area contributed by atoms with Gasteiger partial charge in [0.25, 0.3) is 5.91 Å². The third-order valence-corrected chi connectivity index (χ3v) is 2.41. The number of carbonyl (C=O) groups excluding carboxylic acids is 1. The van der Waals surface area contributed by atoms with E-state index in [1.165, 1.54) is 0 Å². The Morgan fingerprint density at radius 2 is 2.47 bits per heavy atom. The van der Waals surface area contributed by atoms with E-state index < -0.39 is 0 Å². The number of rotatable bonds is 2. The molecule has 0 atom stereocenters. The molecule has 0 aliphatic heterocycles. The standard InChI is InChI=1S/C9H9BrN4O/c1-14-8(2-3-12-14)13-9(15)7-4-6(10)5-11-7/h2-5,11H,1H3,(H,13,15). The predicted molar refractivity (Wildman–Crippen MR) is 59.7 cm³/mol. The lowest BCUT2D eigenvalue weighted by Gasteiger charge is -2.02. The van der Waals surface area contributed by atoms with Crippen LogP contribution in [-0.4, -0.2) is 20.7 Å². The van der Waals surface area contributed by atoms with Gasteiger partial charge in [0.15, 0.2) is 0 Å². The molecular weight excluding hydrogens is 260 g/mol. The molecule has 2 rings (SSSR count). The van der Waals surface area contributed by atoms with Gasteiger partial charge in [0, 0.05) is 23.8 Å². The van der Waals surface area contributed by atoms with Gasteiger partial charge in [-0.05, 0) is 22.0 Å². The minimum absolute atomic E-state index is 0.190. The molecule has 0 fully saturated rings. The Kier molecular flexibility index (Phi) is 2.59. The number of aryl methyl sites for hydroxylation is 1. The van der Waals surface area contributed by atoms with Gasteiger partial charge in [-0.15, -0.1) is 0 Å². The van der Waals surface area contributed by atoms with Gasteiger partial charge >= 0.3 is 0 Å². The maximum absolute atomic E-state index is 11.7. The maximum Gasteiger partial charge on any atom is 0.273 e. The molecule has 0 aliphatic rings. The summed E-state index contributed by atoms with van der Waals surface area (Å²) in [6.45, 7) is 0. The molecule has 0 aromatic carbocycles. The quantitative estimate of drug-likeness (QED) is 0.872. The molecule has 15 heavy (non-hydrogen) atoms. The number of aromatic amines is 1. The molecule has 2 aromatic rings. The zero-order valence-corrected chi connectivity index (χ0v) is 9.58. The second-order valence-electron chi connectivity index (χ2n) is 3.03. The average molecular weight is 269 g/mol. The number of aromatic nitrogens is 3. The van der Waals surface area contributed by atoms with Crippen molar-refractivity contribution < 1.29 is 4.79 Å². The zero-order valence-electron chi connectivity index (χ0n) is 7.99. The van der Waals surface area contributed by atoms with Crippen LogP contribution in [0.25, 0.3) is 0 Å². The molecule has 0 spiro atoms. The van der Waals surface area contributed by atoms with Crippen LogP contribution in [-0.2, 0) is 7.05 Å². The highest BCUT2D eigenvalue weighted by atomic mass is 79.9. The van der Waals surface area contributed by atoms with Crippen molar-refractivity contribution in [1.82, 2.24) is 14.8 Å². The molecule has 6 heteroatoms. The Balaban J connectivity index is 2.14. The first-order valence-corrected chi connectivity index (χ1v) is 5.09. The molecule has 0 radical (unpaired) electrons. The van der Waals surface area contributed by atoms with Gasteiger partial charge in [0.1, 0.15) is 11.5 Å². The van der Waals surface area contributed by atoms with E-state index in [4.69, 9.17) is 0 Å². The number of hydrogen-bond donors (Lipinski definition) is 2. The van der Waals surface area contributed by atoms with Crippen LogP contribution >= 0.6 is 15.9 Å². The summed E-state index contributed by atoms with van der Waals surface area (Å²) in [7, 11) is 1.76. The predicted octanol–water partition coefficient (Wildman–Crippen LogP) is 1.76. The lowest BCUT2D eigenvalue weighted by Crippen LogP contribution is -2.14. The van der Waals surface area contributed by atoms with Gasteiger partial charge in [-0.3, -0.25) is 9.48 Å². The molecule has 2 heterocycles. The van der Waals surface area contributed by atoms with E-state index in [0.717, 1.165) is 4.47 Å². The molecule has 0 saturated carbocycles. The van der Waals surface area contributed by atoms with Crippen molar-refractivity contribution in [3.63, 3.8) is 0 Å². The van der Waals surface area contributed by atoms with Gasteiger partial charge in [-0.2, -0.15) is 5.10 Å². The molecule has 0 saturated heterocycles. The number of anilines is 1. The van der Waals surface area contributed by atoms with Crippen LogP contribution in [0.5, 0.6) is 0 Å². The van der Waals surface area contributed by atoms with Crippen molar-refractivity contribution >= 4 is 27.7 Å². The van der Waals surface area contributed by atoms with E-state index in [9.17, 15) is 4.79 Å². The summed E-state index contributed by atoms with van der Waals surface area (Å²) in [6.07, 6.45) is 3.33. The molecule has 78 valence electrons. The highest BCUT2D eigenvalue weighted by molar-refractivity contribution is 9.10. The SMILES string of the molecule is Cn1nccc1NC(=O)c1cc(Br)c[nH]1. The van der Waals surface area contributed by atoms with Crippen LogP contribution < -0.4 is 5.32 Å². The topological polar surface area (TPSA) is 62.7 Å². The highest BCUT2D eigenvalue weighted by Gasteiger charge is 2.09. The fourth-order valence-corrected chi connectivity index (χ4v) is 1.52. The number of hydrogen-bond acceptors (Lipinski definition) is 2. The summed E-state index contributed by atoms with van der Waals surface area (Å²) in [4.78, 5) is 14.5. The van der Waals surface area contributed by atoms with E-state index in [0.29, 0.717) is 11.5 Å². The second-order valence-corrected chi connectivity index (χ2v) is 3.94. The summed E-state index contributed by atoms with van der Waals surface area (Å²) in [5.74, 6) is 0.468. The zero-order chi connectivity index (χ0) is 10.8. The van der Waals surface area contributed by atoms with Gasteiger partial charge in [0.2, 0.25) is 0 Å². The lowest BCUT2D eigenvalue weighted by atomic mass is 10.4. The van der Waals surface area contributed by atoms with Crippen LogP contribution in [0, 0.1) is 0 Å². The van der Waals surface area contributed by atoms with Crippen molar-refractivity contribution in [2.45, 2.75) is 0 Å². The average Bonchev–Trinajstić information content (AvgIpc) is 2.77. The Hall–Kier alpha value is -1.56. The van der Waals surface area contributed by atoms with Gasteiger partial charge in [-0.1, -0.05) is 0 Å². The first-order chi connectivity index (χ1) is 7.16. The second kappa shape index (κ2) is 3.90. The first kappa shape index (κ1) is 9.97. The molecule has 0 unspecified atom stereocenters. The fourth-order valence-electron chi connectivity index (χ4n) is 1.18. The van der Waals surface area contributed by atoms with E-state index in [1.54, 1.807) is 36.3 Å². The molecule has 2 N–H and O–H groups in total. The Morgan fingerprint density at radius 1 is 1.67 bits per heavy atom. The number of H-pyrrole nitrogens is 1. The third kappa shape index (κ3) is 2.10. The lowest BCUT2D eigenvalue weighted by molar-refractivity contribution is 0.102. The minimum atomic E-state index is -0.190. The summed E-state index contributed by atoms with van der Waals surface area (Å²) in [5, 5.41) is 6.68. The summed E-state index contributed by atoms with van der Waals surface area (Å²) >= 11 is 3.26. The summed E-state index contributed by atoms with van der Waals surface area (Å²) < 4.78 is 2.44. The van der Waals surface area contributed by atoms with E-state index in [1.807, 2.05) is 0 Å².